The number of benzene rings is 1. The maximum absolute atomic E-state index is 9.19. The van der Waals surface area contributed by atoms with Gasteiger partial charge >= 0.3 is 0 Å². The van der Waals surface area contributed by atoms with Gasteiger partial charge in [-0.25, -0.2) is 0 Å². The zero-order chi connectivity index (χ0) is 16.7. The molecule has 5 heteroatoms. The fourth-order valence-electron chi connectivity index (χ4n) is 3.03. The van der Waals surface area contributed by atoms with E-state index in [1.807, 2.05) is 12.1 Å². The topological polar surface area (TPSA) is 54.1 Å². The van der Waals surface area contributed by atoms with Crippen molar-refractivity contribution in [2.75, 3.05) is 32.7 Å². The number of halogens is 1. The molecule has 1 aliphatic heterocycles. The lowest BCUT2D eigenvalue weighted by Gasteiger charge is -2.38. The molecule has 1 fully saturated rings. The zero-order valence-electron chi connectivity index (χ0n) is 13.6. The van der Waals surface area contributed by atoms with Gasteiger partial charge in [0.1, 0.15) is 0 Å². The molecule has 0 amide bonds. The molecule has 0 bridgehead atoms. The molecule has 1 saturated heterocycles. The van der Waals surface area contributed by atoms with Crippen molar-refractivity contribution in [2.45, 2.75) is 25.8 Å². The molecule has 0 unspecified atom stereocenters. The summed E-state index contributed by atoms with van der Waals surface area (Å²) in [5.74, 6) is -0.0325. The van der Waals surface area contributed by atoms with Gasteiger partial charge in [0.15, 0.2) is 0 Å². The first-order valence-corrected chi connectivity index (χ1v) is 8.50. The maximum Gasteiger partial charge on any atom is 0.0669 e. The van der Waals surface area contributed by atoms with Crippen molar-refractivity contribution in [3.8, 4) is 12.1 Å². The van der Waals surface area contributed by atoms with Crippen molar-refractivity contribution in [3.05, 3.63) is 34.9 Å². The fraction of sp³-hybridized carbons (Fsp3) is 0.556. The Bertz CT molecular complexity index is 564. The summed E-state index contributed by atoms with van der Waals surface area (Å²) in [6, 6.07) is 12.9. The number of nitrogens with zero attached hydrogens (tertiary/aromatic N) is 4. The number of hydrogen-bond donors (Lipinski definition) is 0. The van der Waals surface area contributed by atoms with Gasteiger partial charge in [-0.05, 0) is 31.0 Å². The summed E-state index contributed by atoms with van der Waals surface area (Å²) in [6.07, 6.45) is 1.14. The van der Waals surface area contributed by atoms with Crippen LogP contribution < -0.4 is 0 Å². The van der Waals surface area contributed by atoms with Gasteiger partial charge in [0.2, 0.25) is 0 Å². The average Bonchev–Trinajstić information content (AvgIpc) is 2.59. The molecule has 0 aromatic heterocycles. The molecule has 0 N–H and O–H groups in total. The van der Waals surface area contributed by atoms with Gasteiger partial charge in [-0.1, -0.05) is 23.7 Å². The molecule has 0 radical (unpaired) electrons. The van der Waals surface area contributed by atoms with Crippen molar-refractivity contribution >= 4 is 11.6 Å². The first-order chi connectivity index (χ1) is 11.1. The molecular formula is C18H23ClN4. The van der Waals surface area contributed by atoms with E-state index < -0.39 is 0 Å². The Morgan fingerprint density at radius 2 is 1.78 bits per heavy atom. The van der Waals surface area contributed by atoms with Gasteiger partial charge in [-0.15, -0.1) is 0 Å². The van der Waals surface area contributed by atoms with Crippen LogP contribution in [0.5, 0.6) is 0 Å². The van der Waals surface area contributed by atoms with Crippen LogP contribution in [0.25, 0.3) is 0 Å². The van der Waals surface area contributed by atoms with Crippen molar-refractivity contribution in [1.29, 1.82) is 10.5 Å². The van der Waals surface area contributed by atoms with E-state index in [9.17, 15) is 5.26 Å². The predicted octanol–water partition coefficient (Wildman–Crippen LogP) is 3.46. The third kappa shape index (κ3) is 5.22. The molecule has 23 heavy (non-hydrogen) atoms. The lowest BCUT2D eigenvalue weighted by atomic mass is 10.0. The minimum atomic E-state index is -0.0325. The second-order valence-corrected chi connectivity index (χ2v) is 6.52. The van der Waals surface area contributed by atoms with Crippen LogP contribution in [0.2, 0.25) is 5.02 Å². The van der Waals surface area contributed by atoms with Crippen LogP contribution in [-0.2, 0) is 0 Å². The van der Waals surface area contributed by atoms with Crippen LogP contribution in [0.15, 0.2) is 24.3 Å². The van der Waals surface area contributed by atoms with Crippen LogP contribution in [-0.4, -0.2) is 42.5 Å². The zero-order valence-corrected chi connectivity index (χ0v) is 14.3. The largest absolute Gasteiger partial charge is 0.299 e. The first kappa shape index (κ1) is 17.8. The normalized spacial score (nSPS) is 18.8. The van der Waals surface area contributed by atoms with Crippen LogP contribution >= 0.6 is 11.6 Å². The van der Waals surface area contributed by atoms with Gasteiger partial charge in [0.05, 0.1) is 18.1 Å². The molecule has 0 saturated carbocycles. The highest BCUT2D eigenvalue weighted by Gasteiger charge is 2.23. The van der Waals surface area contributed by atoms with Gasteiger partial charge in [0, 0.05) is 50.2 Å². The third-order valence-corrected chi connectivity index (χ3v) is 4.82. The Balaban J connectivity index is 1.82. The Morgan fingerprint density at radius 3 is 2.35 bits per heavy atom. The molecule has 1 aromatic rings. The molecule has 0 aliphatic carbocycles. The van der Waals surface area contributed by atoms with E-state index in [1.54, 1.807) is 0 Å². The molecule has 2 atom stereocenters. The Hall–Kier alpha value is -1.59. The summed E-state index contributed by atoms with van der Waals surface area (Å²) in [5.41, 5.74) is 1.28. The highest BCUT2D eigenvalue weighted by Crippen LogP contribution is 2.23. The average molecular weight is 331 g/mol. The van der Waals surface area contributed by atoms with E-state index in [-0.39, 0.29) is 5.92 Å². The van der Waals surface area contributed by atoms with Gasteiger partial charge in [-0.2, -0.15) is 10.5 Å². The van der Waals surface area contributed by atoms with Crippen molar-refractivity contribution < 1.29 is 0 Å². The number of nitriles is 2. The lowest BCUT2D eigenvalue weighted by molar-refractivity contribution is 0.0955. The summed E-state index contributed by atoms with van der Waals surface area (Å²) in [4.78, 5) is 4.81. The summed E-state index contributed by atoms with van der Waals surface area (Å²) in [7, 11) is 0. The Kier molecular flexibility index (Phi) is 6.86. The summed E-state index contributed by atoms with van der Waals surface area (Å²) in [6.45, 7) is 6.96. The Morgan fingerprint density at radius 1 is 1.13 bits per heavy atom. The lowest BCUT2D eigenvalue weighted by Crippen LogP contribution is -2.48. The standard InChI is InChI=1S/C18H23ClN4/c1-15(17-4-6-18(19)7-5-17)23-11-9-22(10-12-23)14-16(13-21)3-2-8-20/h4-7,15-16H,2-3,9-12,14H2,1H3/t15-,16+/m1/s1. The van der Waals surface area contributed by atoms with Gasteiger partial charge in [-0.3, -0.25) is 9.80 Å². The molecule has 1 heterocycles. The fourth-order valence-corrected chi connectivity index (χ4v) is 3.16. The molecule has 1 aliphatic rings. The monoisotopic (exact) mass is 330 g/mol. The van der Waals surface area contributed by atoms with Crippen LogP contribution in [0.3, 0.4) is 0 Å². The summed E-state index contributed by atoms with van der Waals surface area (Å²) in [5, 5.41) is 18.6. The van der Waals surface area contributed by atoms with E-state index in [4.69, 9.17) is 16.9 Å². The van der Waals surface area contributed by atoms with Gasteiger partial charge < -0.3 is 0 Å². The molecule has 2 rings (SSSR count). The van der Waals surface area contributed by atoms with Crippen molar-refractivity contribution in [1.82, 2.24) is 9.80 Å². The third-order valence-electron chi connectivity index (χ3n) is 4.57. The molecule has 122 valence electrons. The SMILES string of the molecule is C[C@H](c1ccc(Cl)cc1)N1CCN(C[C@H](C#N)CCC#N)CC1. The van der Waals surface area contributed by atoms with Crippen LogP contribution in [0.1, 0.15) is 31.4 Å². The van der Waals surface area contributed by atoms with E-state index >= 15 is 0 Å². The van der Waals surface area contributed by atoms with E-state index in [1.165, 1.54) is 5.56 Å². The van der Waals surface area contributed by atoms with Crippen LogP contribution in [0, 0.1) is 28.6 Å². The molecule has 0 spiro atoms. The molecular weight excluding hydrogens is 308 g/mol. The maximum atomic E-state index is 9.19. The number of rotatable bonds is 6. The summed E-state index contributed by atoms with van der Waals surface area (Å²) >= 11 is 5.95. The highest BCUT2D eigenvalue weighted by atomic mass is 35.5. The second-order valence-electron chi connectivity index (χ2n) is 6.09. The minimum Gasteiger partial charge on any atom is -0.299 e. The minimum absolute atomic E-state index is 0.0325. The van der Waals surface area contributed by atoms with Gasteiger partial charge in [0.25, 0.3) is 0 Å². The van der Waals surface area contributed by atoms with Crippen molar-refractivity contribution in [3.63, 3.8) is 0 Å². The Labute approximate surface area is 143 Å². The predicted molar refractivity (Wildman–Crippen MR) is 91.8 cm³/mol. The number of piperazine rings is 1. The quantitative estimate of drug-likeness (QED) is 0.801. The van der Waals surface area contributed by atoms with E-state index in [2.05, 4.69) is 41.0 Å². The van der Waals surface area contributed by atoms with E-state index in [0.717, 1.165) is 37.7 Å². The molecule has 4 nitrogen and oxygen atoms in total. The highest BCUT2D eigenvalue weighted by molar-refractivity contribution is 6.30. The smallest absolute Gasteiger partial charge is 0.0669 e. The van der Waals surface area contributed by atoms with Crippen LogP contribution in [0.4, 0.5) is 0 Å². The van der Waals surface area contributed by atoms with E-state index in [0.29, 0.717) is 18.9 Å². The van der Waals surface area contributed by atoms with Crippen molar-refractivity contribution in [2.24, 2.45) is 5.92 Å². The summed E-state index contributed by atoms with van der Waals surface area (Å²) < 4.78 is 0. The first-order valence-electron chi connectivity index (χ1n) is 8.12. The number of hydrogen-bond acceptors (Lipinski definition) is 4. The second kappa shape index (κ2) is 8.89. The molecule has 1 aromatic carbocycles.